The second-order valence-electron chi connectivity index (χ2n) is 5.44. The van der Waals surface area contributed by atoms with Gasteiger partial charge in [0.1, 0.15) is 11.3 Å². The molecule has 0 aliphatic heterocycles. The molecule has 0 radical (unpaired) electrons. The second kappa shape index (κ2) is 7.29. The van der Waals surface area contributed by atoms with Gasteiger partial charge in [0.15, 0.2) is 0 Å². The number of hydrogen-bond acceptors (Lipinski definition) is 3. The molecule has 0 aliphatic rings. The minimum atomic E-state index is 0.538. The average Bonchev–Trinajstić information content (AvgIpc) is 3.03. The normalized spacial score (nSPS) is 11.6. The number of nitrogens with zero attached hydrogens (tertiary/aromatic N) is 4. The van der Waals surface area contributed by atoms with Gasteiger partial charge >= 0.3 is 0 Å². The Hall–Kier alpha value is -3.63. The first-order chi connectivity index (χ1) is 12.3. The lowest BCUT2D eigenvalue weighted by molar-refractivity contribution is 0.838. The van der Waals surface area contributed by atoms with E-state index in [2.05, 4.69) is 21.5 Å². The third kappa shape index (κ3) is 3.34. The van der Waals surface area contributed by atoms with Crippen LogP contribution in [0.15, 0.2) is 66.5 Å². The molecule has 0 aliphatic carbocycles. The third-order valence-electron chi connectivity index (χ3n) is 3.83. The summed E-state index contributed by atoms with van der Waals surface area (Å²) in [5.41, 5.74) is 4.17. The Labute approximate surface area is 146 Å². The van der Waals surface area contributed by atoms with Gasteiger partial charge in [-0.3, -0.25) is 4.98 Å². The average molecular weight is 324 g/mol. The summed E-state index contributed by atoms with van der Waals surface area (Å²) >= 11 is 0. The quantitative estimate of drug-likeness (QED) is 0.536. The van der Waals surface area contributed by atoms with Crippen LogP contribution >= 0.6 is 0 Å². The number of imidazole rings is 1. The number of aromatic nitrogens is 3. The fourth-order valence-corrected chi connectivity index (χ4v) is 2.59. The van der Waals surface area contributed by atoms with Gasteiger partial charge in [-0.25, -0.2) is 4.98 Å². The van der Waals surface area contributed by atoms with Crippen molar-refractivity contribution in [2.24, 2.45) is 0 Å². The van der Waals surface area contributed by atoms with Crippen LogP contribution in [0.2, 0.25) is 0 Å². The molecule has 3 aromatic rings. The zero-order valence-corrected chi connectivity index (χ0v) is 13.8. The standard InChI is InChI=1S/C21H16N4/c1-3-5-6-16(4-2)15-25-20-11-12-23-14-19(20)24-21(25)18-9-7-17(13-22)8-10-18/h2-3,5-12,14H,15H2,1H3/b5-3-,16-6+. The highest BCUT2D eigenvalue weighted by Crippen LogP contribution is 2.25. The van der Waals surface area contributed by atoms with E-state index >= 15 is 0 Å². The van der Waals surface area contributed by atoms with Gasteiger partial charge in [-0.2, -0.15) is 5.26 Å². The van der Waals surface area contributed by atoms with Crippen LogP contribution in [0.25, 0.3) is 22.4 Å². The van der Waals surface area contributed by atoms with E-state index in [0.717, 1.165) is 28.0 Å². The van der Waals surface area contributed by atoms with Gasteiger partial charge in [-0.05, 0) is 43.3 Å². The first-order valence-corrected chi connectivity index (χ1v) is 7.86. The summed E-state index contributed by atoms with van der Waals surface area (Å²) in [5, 5.41) is 8.99. The van der Waals surface area contributed by atoms with E-state index in [4.69, 9.17) is 16.7 Å². The molecule has 0 amide bonds. The van der Waals surface area contributed by atoms with Gasteiger partial charge in [0.2, 0.25) is 0 Å². The van der Waals surface area contributed by atoms with Crippen molar-refractivity contribution in [1.29, 1.82) is 5.26 Å². The lowest BCUT2D eigenvalue weighted by Crippen LogP contribution is -2.02. The van der Waals surface area contributed by atoms with Crippen molar-refractivity contribution in [2.75, 3.05) is 0 Å². The number of nitriles is 1. The van der Waals surface area contributed by atoms with Crippen LogP contribution in [0.1, 0.15) is 12.5 Å². The summed E-state index contributed by atoms with van der Waals surface area (Å²) in [7, 11) is 0. The summed E-state index contributed by atoms with van der Waals surface area (Å²) in [6, 6.07) is 11.4. The molecule has 2 heterocycles. The molecule has 25 heavy (non-hydrogen) atoms. The topological polar surface area (TPSA) is 54.5 Å². The minimum absolute atomic E-state index is 0.538. The first-order valence-electron chi connectivity index (χ1n) is 7.86. The summed E-state index contributed by atoms with van der Waals surface area (Å²) < 4.78 is 2.08. The number of terminal acetylenes is 1. The van der Waals surface area contributed by atoms with Gasteiger partial charge in [0, 0.05) is 17.3 Å². The molecular weight excluding hydrogens is 308 g/mol. The van der Waals surface area contributed by atoms with Crippen molar-refractivity contribution in [2.45, 2.75) is 13.5 Å². The van der Waals surface area contributed by atoms with Crippen LogP contribution in [-0.4, -0.2) is 14.5 Å². The highest BCUT2D eigenvalue weighted by molar-refractivity contribution is 5.80. The zero-order valence-electron chi connectivity index (χ0n) is 13.8. The summed E-state index contributed by atoms with van der Waals surface area (Å²) in [5.74, 6) is 3.54. The highest BCUT2D eigenvalue weighted by Gasteiger charge is 2.13. The van der Waals surface area contributed by atoms with Crippen molar-refractivity contribution in [3.05, 3.63) is 72.1 Å². The molecule has 3 rings (SSSR count). The first kappa shape index (κ1) is 16.2. The largest absolute Gasteiger partial charge is 0.319 e. The van der Waals surface area contributed by atoms with Crippen molar-refractivity contribution in [3.8, 4) is 29.8 Å². The number of allylic oxidation sites excluding steroid dienone is 4. The Morgan fingerprint density at radius 2 is 2.08 bits per heavy atom. The van der Waals surface area contributed by atoms with Crippen molar-refractivity contribution in [1.82, 2.24) is 14.5 Å². The van der Waals surface area contributed by atoms with E-state index < -0.39 is 0 Å². The zero-order chi connectivity index (χ0) is 17.6. The van der Waals surface area contributed by atoms with Crippen molar-refractivity contribution >= 4 is 11.0 Å². The monoisotopic (exact) mass is 324 g/mol. The molecule has 0 fully saturated rings. The fourth-order valence-electron chi connectivity index (χ4n) is 2.59. The van der Waals surface area contributed by atoms with Crippen molar-refractivity contribution in [3.63, 3.8) is 0 Å². The predicted molar refractivity (Wildman–Crippen MR) is 99.4 cm³/mol. The molecule has 1 aromatic carbocycles. The smallest absolute Gasteiger partial charge is 0.141 e. The second-order valence-corrected chi connectivity index (χ2v) is 5.44. The Bertz CT molecular complexity index is 1040. The summed E-state index contributed by atoms with van der Waals surface area (Å²) in [6.07, 6.45) is 14.9. The van der Waals surface area contributed by atoms with Crippen LogP contribution < -0.4 is 0 Å². The molecule has 120 valence electrons. The Kier molecular flexibility index (Phi) is 4.74. The van der Waals surface area contributed by atoms with Crippen LogP contribution in [0.4, 0.5) is 0 Å². The van der Waals surface area contributed by atoms with Gasteiger partial charge < -0.3 is 4.57 Å². The van der Waals surface area contributed by atoms with E-state index in [0.29, 0.717) is 12.1 Å². The fraction of sp³-hybridized carbons (Fsp3) is 0.0952. The lowest BCUT2D eigenvalue weighted by Gasteiger charge is -2.09. The third-order valence-corrected chi connectivity index (χ3v) is 3.83. The van der Waals surface area contributed by atoms with Crippen LogP contribution in [0, 0.1) is 23.7 Å². The molecule has 0 saturated carbocycles. The number of fused-ring (bicyclic) bond motifs is 1. The summed E-state index contributed by atoms with van der Waals surface area (Å²) in [4.78, 5) is 8.86. The molecule has 0 saturated heterocycles. The molecular formula is C21H16N4. The molecule has 4 nitrogen and oxygen atoms in total. The van der Waals surface area contributed by atoms with E-state index in [1.807, 2.05) is 43.4 Å². The maximum atomic E-state index is 8.99. The summed E-state index contributed by atoms with van der Waals surface area (Å²) in [6.45, 7) is 2.49. The van der Waals surface area contributed by atoms with Crippen LogP contribution in [0.5, 0.6) is 0 Å². The SMILES string of the molecule is C#C/C(=C\C=C/C)Cn1c(-c2ccc(C#N)cc2)nc2cnccc21. The van der Waals surface area contributed by atoms with Gasteiger partial charge in [-0.15, -0.1) is 6.42 Å². The minimum Gasteiger partial charge on any atom is -0.319 e. The van der Waals surface area contributed by atoms with Crippen molar-refractivity contribution < 1.29 is 0 Å². The van der Waals surface area contributed by atoms with Gasteiger partial charge in [0.25, 0.3) is 0 Å². The van der Waals surface area contributed by atoms with Crippen LogP contribution in [0.3, 0.4) is 0 Å². The van der Waals surface area contributed by atoms with Gasteiger partial charge in [-0.1, -0.05) is 18.1 Å². The molecule has 0 spiro atoms. The number of hydrogen-bond donors (Lipinski definition) is 0. The molecule has 0 bridgehead atoms. The lowest BCUT2D eigenvalue weighted by atomic mass is 10.1. The highest BCUT2D eigenvalue weighted by atomic mass is 15.1. The van der Waals surface area contributed by atoms with E-state index in [-0.39, 0.29) is 0 Å². The maximum Gasteiger partial charge on any atom is 0.141 e. The van der Waals surface area contributed by atoms with E-state index in [9.17, 15) is 0 Å². The predicted octanol–water partition coefficient (Wildman–Crippen LogP) is 4.11. The Balaban J connectivity index is 2.15. The molecule has 4 heteroatoms. The van der Waals surface area contributed by atoms with E-state index in [1.54, 1.807) is 24.5 Å². The number of pyridine rings is 1. The van der Waals surface area contributed by atoms with E-state index in [1.165, 1.54) is 0 Å². The molecule has 2 aromatic heterocycles. The number of benzene rings is 1. The molecule has 0 atom stereocenters. The van der Waals surface area contributed by atoms with Crippen LogP contribution in [-0.2, 0) is 6.54 Å². The Morgan fingerprint density at radius 3 is 2.76 bits per heavy atom. The molecule has 0 unspecified atom stereocenters. The Morgan fingerprint density at radius 1 is 1.28 bits per heavy atom. The molecule has 0 N–H and O–H groups in total. The maximum absolute atomic E-state index is 8.99. The number of rotatable bonds is 4. The van der Waals surface area contributed by atoms with Gasteiger partial charge in [0.05, 0.1) is 29.9 Å².